The first kappa shape index (κ1) is 18.1. The van der Waals surface area contributed by atoms with Gasteiger partial charge in [0.2, 0.25) is 5.91 Å². The second kappa shape index (κ2) is 7.77. The molecule has 2 aromatic carbocycles. The summed E-state index contributed by atoms with van der Waals surface area (Å²) in [6.07, 6.45) is 2.09. The number of nitrogens with one attached hydrogen (secondary N) is 1. The Morgan fingerprint density at radius 3 is 2.44 bits per heavy atom. The molecule has 0 aliphatic carbocycles. The van der Waals surface area contributed by atoms with E-state index in [1.54, 1.807) is 18.2 Å². The number of nitrogens with zero attached hydrogens (tertiary/aromatic N) is 2. The predicted octanol–water partition coefficient (Wildman–Crippen LogP) is 4.84. The second-order valence-electron chi connectivity index (χ2n) is 6.55. The molecule has 4 rings (SSSR count). The van der Waals surface area contributed by atoms with Crippen LogP contribution >= 0.6 is 23.2 Å². The standard InChI is InChI=1S/C21H19Cl2N3O/c22-16-8-4-9-17(23)20(16)24-19(27)14-26-13-12-25-11-5-10-18(25)21(26)15-6-2-1-3-7-15/h1-11,21H,12-14H2,(H,24,27). The van der Waals surface area contributed by atoms with Crippen LogP contribution in [0.25, 0.3) is 0 Å². The monoisotopic (exact) mass is 399 g/mol. The summed E-state index contributed by atoms with van der Waals surface area (Å²) in [5, 5.41) is 3.73. The molecule has 1 N–H and O–H groups in total. The first-order chi connectivity index (χ1) is 13.1. The highest BCUT2D eigenvalue weighted by Crippen LogP contribution is 2.33. The normalized spacial score (nSPS) is 16.7. The van der Waals surface area contributed by atoms with E-state index in [2.05, 4.69) is 45.2 Å². The van der Waals surface area contributed by atoms with Crippen molar-refractivity contribution in [3.63, 3.8) is 0 Å². The van der Waals surface area contributed by atoms with Crippen molar-refractivity contribution in [2.24, 2.45) is 0 Å². The van der Waals surface area contributed by atoms with Crippen molar-refractivity contribution < 1.29 is 4.79 Å². The molecule has 3 aromatic rings. The van der Waals surface area contributed by atoms with Crippen molar-refractivity contribution in [3.8, 4) is 0 Å². The molecule has 1 aromatic heterocycles. The molecule has 0 saturated carbocycles. The van der Waals surface area contributed by atoms with E-state index in [1.165, 1.54) is 11.3 Å². The number of carbonyl (C=O) groups is 1. The number of amides is 1. The molecular formula is C21H19Cl2N3O. The summed E-state index contributed by atoms with van der Waals surface area (Å²) < 4.78 is 2.25. The number of hydrogen-bond donors (Lipinski definition) is 1. The molecule has 27 heavy (non-hydrogen) atoms. The van der Waals surface area contributed by atoms with E-state index < -0.39 is 0 Å². The molecule has 1 amide bonds. The third-order valence-electron chi connectivity index (χ3n) is 4.83. The lowest BCUT2D eigenvalue weighted by atomic mass is 10.00. The number of aromatic nitrogens is 1. The average Bonchev–Trinajstić information content (AvgIpc) is 3.14. The van der Waals surface area contributed by atoms with Crippen LogP contribution < -0.4 is 5.32 Å². The van der Waals surface area contributed by atoms with E-state index in [-0.39, 0.29) is 18.5 Å². The summed E-state index contributed by atoms with van der Waals surface area (Å²) in [6.45, 7) is 1.89. The minimum Gasteiger partial charge on any atom is -0.348 e. The van der Waals surface area contributed by atoms with Crippen LogP contribution in [-0.4, -0.2) is 28.5 Å². The van der Waals surface area contributed by atoms with Crippen LogP contribution in [-0.2, 0) is 11.3 Å². The third kappa shape index (κ3) is 3.74. The Balaban J connectivity index is 1.58. The molecule has 138 valence electrons. The van der Waals surface area contributed by atoms with Gasteiger partial charge in [-0.2, -0.15) is 0 Å². The summed E-state index contributed by atoms with van der Waals surface area (Å²) in [5.74, 6) is -0.133. The molecule has 0 fully saturated rings. The lowest BCUT2D eigenvalue weighted by Crippen LogP contribution is -2.42. The van der Waals surface area contributed by atoms with Gasteiger partial charge in [-0.3, -0.25) is 9.69 Å². The number of halogens is 2. The number of benzene rings is 2. The van der Waals surface area contributed by atoms with Crippen molar-refractivity contribution in [1.82, 2.24) is 9.47 Å². The van der Waals surface area contributed by atoms with Crippen molar-refractivity contribution in [2.45, 2.75) is 12.6 Å². The molecular weight excluding hydrogens is 381 g/mol. The van der Waals surface area contributed by atoms with E-state index >= 15 is 0 Å². The Kier molecular flexibility index (Phi) is 5.21. The van der Waals surface area contributed by atoms with Gasteiger partial charge < -0.3 is 9.88 Å². The fraction of sp³-hybridized carbons (Fsp3) is 0.190. The minimum atomic E-state index is -0.133. The Bertz CT molecular complexity index is 935. The number of carbonyl (C=O) groups excluding carboxylic acids is 1. The summed E-state index contributed by atoms with van der Waals surface area (Å²) in [5.41, 5.74) is 2.82. The first-order valence-corrected chi connectivity index (χ1v) is 9.57. The van der Waals surface area contributed by atoms with Gasteiger partial charge in [-0.05, 0) is 29.8 Å². The van der Waals surface area contributed by atoms with Crippen LogP contribution in [0.15, 0.2) is 66.9 Å². The van der Waals surface area contributed by atoms with Crippen molar-refractivity contribution in [3.05, 3.63) is 88.2 Å². The van der Waals surface area contributed by atoms with Gasteiger partial charge >= 0.3 is 0 Å². The van der Waals surface area contributed by atoms with E-state index in [0.717, 1.165) is 13.1 Å². The van der Waals surface area contributed by atoms with Crippen LogP contribution in [0.4, 0.5) is 5.69 Å². The van der Waals surface area contributed by atoms with E-state index in [9.17, 15) is 4.79 Å². The molecule has 0 spiro atoms. The fourth-order valence-corrected chi connectivity index (χ4v) is 4.09. The van der Waals surface area contributed by atoms with Crippen molar-refractivity contribution in [1.29, 1.82) is 0 Å². The first-order valence-electron chi connectivity index (χ1n) is 8.81. The van der Waals surface area contributed by atoms with Crippen molar-refractivity contribution in [2.75, 3.05) is 18.4 Å². The lowest BCUT2D eigenvalue weighted by Gasteiger charge is -2.36. The summed E-state index contributed by atoms with van der Waals surface area (Å²) in [7, 11) is 0. The van der Waals surface area contributed by atoms with E-state index in [1.807, 2.05) is 18.2 Å². The van der Waals surface area contributed by atoms with Crippen LogP contribution in [0.5, 0.6) is 0 Å². The number of anilines is 1. The Morgan fingerprint density at radius 1 is 0.963 bits per heavy atom. The molecule has 6 heteroatoms. The highest BCUT2D eigenvalue weighted by atomic mass is 35.5. The van der Waals surface area contributed by atoms with Gasteiger partial charge in [0.1, 0.15) is 0 Å². The van der Waals surface area contributed by atoms with Gasteiger partial charge in [0, 0.05) is 25.0 Å². The molecule has 0 radical (unpaired) electrons. The lowest BCUT2D eigenvalue weighted by molar-refractivity contribution is -0.117. The zero-order chi connectivity index (χ0) is 18.8. The molecule has 4 nitrogen and oxygen atoms in total. The largest absolute Gasteiger partial charge is 0.348 e. The van der Waals surface area contributed by atoms with Gasteiger partial charge in [0.25, 0.3) is 0 Å². The van der Waals surface area contributed by atoms with Gasteiger partial charge in [0.15, 0.2) is 0 Å². The van der Waals surface area contributed by atoms with Gasteiger partial charge in [-0.1, -0.05) is 59.6 Å². The molecule has 2 heterocycles. The second-order valence-corrected chi connectivity index (χ2v) is 7.37. The predicted molar refractivity (Wildman–Crippen MR) is 109 cm³/mol. The van der Waals surface area contributed by atoms with Crippen molar-refractivity contribution >= 4 is 34.8 Å². The van der Waals surface area contributed by atoms with E-state index in [4.69, 9.17) is 23.2 Å². The summed E-state index contributed by atoms with van der Waals surface area (Å²) in [4.78, 5) is 14.9. The number of hydrogen-bond acceptors (Lipinski definition) is 2. The Hall–Kier alpha value is -2.27. The third-order valence-corrected chi connectivity index (χ3v) is 5.46. The minimum absolute atomic E-state index is 0.0300. The van der Waals surface area contributed by atoms with Gasteiger partial charge in [-0.25, -0.2) is 0 Å². The van der Waals surface area contributed by atoms with Crippen LogP contribution in [0.1, 0.15) is 17.3 Å². The van der Waals surface area contributed by atoms with Gasteiger partial charge in [-0.15, -0.1) is 0 Å². The molecule has 1 atom stereocenters. The Labute approximate surface area is 168 Å². The van der Waals surface area contributed by atoms with Crippen LogP contribution in [0.3, 0.4) is 0 Å². The Morgan fingerprint density at radius 2 is 1.70 bits per heavy atom. The molecule has 0 saturated heterocycles. The molecule has 1 aliphatic rings. The summed E-state index contributed by atoms with van der Waals surface area (Å²) in [6, 6.07) is 19.6. The van der Waals surface area contributed by atoms with E-state index in [0.29, 0.717) is 15.7 Å². The quantitative estimate of drug-likeness (QED) is 0.681. The highest BCUT2D eigenvalue weighted by molar-refractivity contribution is 6.39. The van der Waals surface area contributed by atoms with Gasteiger partial charge in [0.05, 0.1) is 28.3 Å². The van der Waals surface area contributed by atoms with Crippen LogP contribution in [0, 0.1) is 0 Å². The fourth-order valence-electron chi connectivity index (χ4n) is 3.60. The topological polar surface area (TPSA) is 37.3 Å². The number of para-hydroxylation sites is 1. The average molecular weight is 400 g/mol. The highest BCUT2D eigenvalue weighted by Gasteiger charge is 2.30. The maximum absolute atomic E-state index is 12.7. The number of fused-ring (bicyclic) bond motifs is 1. The zero-order valence-corrected chi connectivity index (χ0v) is 16.1. The maximum Gasteiger partial charge on any atom is 0.238 e. The van der Waals surface area contributed by atoms with Crippen LogP contribution in [0.2, 0.25) is 10.0 Å². The maximum atomic E-state index is 12.7. The molecule has 0 bridgehead atoms. The smallest absolute Gasteiger partial charge is 0.238 e. The number of rotatable bonds is 4. The SMILES string of the molecule is O=C(CN1CCn2cccc2C1c1ccccc1)Nc1c(Cl)cccc1Cl. The molecule has 1 unspecified atom stereocenters. The molecule has 1 aliphatic heterocycles. The summed E-state index contributed by atoms with van der Waals surface area (Å²) >= 11 is 12.4. The zero-order valence-electron chi connectivity index (χ0n) is 14.6.